The van der Waals surface area contributed by atoms with Gasteiger partial charge in [-0.05, 0) is 6.07 Å². The van der Waals surface area contributed by atoms with Gasteiger partial charge in [0.15, 0.2) is 0 Å². The number of aromatic nitrogens is 1. The molecule has 17 heavy (non-hydrogen) atoms. The average Bonchev–Trinajstić information content (AvgIpc) is 2.49. The molecule has 7 heteroatoms. The molecule has 1 aliphatic rings. The number of rotatable bonds is 1. The highest BCUT2D eigenvalue weighted by Crippen LogP contribution is 2.31. The van der Waals surface area contributed by atoms with Gasteiger partial charge in [-0.15, -0.1) is 0 Å². The Kier molecular flexibility index (Phi) is 3.97. The van der Waals surface area contributed by atoms with E-state index in [1.807, 2.05) is 4.90 Å². The van der Waals surface area contributed by atoms with Crippen LogP contribution >= 0.6 is 34.8 Å². The van der Waals surface area contributed by atoms with Crippen molar-refractivity contribution < 1.29 is 4.79 Å². The molecule has 1 N–H and O–H groups in total. The molecule has 0 radical (unpaired) electrons. The monoisotopic (exact) mass is 293 g/mol. The molecular formula is C10H10Cl3N3O. The fraction of sp³-hybridized carbons (Fsp3) is 0.400. The molecule has 0 saturated carbocycles. The predicted molar refractivity (Wildman–Crippen MR) is 69.1 cm³/mol. The summed E-state index contributed by atoms with van der Waals surface area (Å²) in [4.78, 5) is 17.3. The topological polar surface area (TPSA) is 45.2 Å². The molecule has 1 aliphatic heterocycles. The Balaban J connectivity index is 2.27. The lowest BCUT2D eigenvalue weighted by molar-refractivity contribution is -0.120. The van der Waals surface area contributed by atoms with Crippen molar-refractivity contribution in [3.8, 4) is 0 Å². The Labute approximate surface area is 114 Å². The zero-order valence-corrected chi connectivity index (χ0v) is 11.1. The molecule has 0 atom stereocenters. The highest BCUT2D eigenvalue weighted by Gasteiger charge is 2.18. The van der Waals surface area contributed by atoms with Crippen molar-refractivity contribution in [1.82, 2.24) is 10.3 Å². The number of carbonyl (C=O) groups excluding carboxylic acids is 1. The third kappa shape index (κ3) is 2.94. The number of hydrogen-bond donors (Lipinski definition) is 1. The van der Waals surface area contributed by atoms with E-state index in [4.69, 9.17) is 34.8 Å². The zero-order chi connectivity index (χ0) is 12.4. The highest BCUT2D eigenvalue weighted by atomic mass is 35.5. The van der Waals surface area contributed by atoms with Crippen molar-refractivity contribution in [1.29, 1.82) is 0 Å². The molecule has 0 bridgehead atoms. The zero-order valence-electron chi connectivity index (χ0n) is 8.84. The van der Waals surface area contributed by atoms with E-state index in [0.717, 1.165) is 0 Å². The van der Waals surface area contributed by atoms with E-state index in [1.54, 1.807) is 6.07 Å². The molecule has 92 valence electrons. The molecule has 1 aromatic heterocycles. The molecule has 2 rings (SSSR count). The van der Waals surface area contributed by atoms with E-state index in [1.165, 1.54) is 0 Å². The minimum atomic E-state index is 0.0312. The lowest BCUT2D eigenvalue weighted by Gasteiger charge is -2.22. The smallest absolute Gasteiger partial charge is 0.221 e. The van der Waals surface area contributed by atoms with Gasteiger partial charge in [-0.25, -0.2) is 4.98 Å². The summed E-state index contributed by atoms with van der Waals surface area (Å²) in [5.74, 6) is 0.598. The average molecular weight is 295 g/mol. The number of nitrogens with zero attached hydrogens (tertiary/aromatic N) is 2. The number of anilines is 1. The molecule has 4 nitrogen and oxygen atoms in total. The normalized spacial score (nSPS) is 16.6. The van der Waals surface area contributed by atoms with E-state index in [2.05, 4.69) is 10.3 Å². The van der Waals surface area contributed by atoms with Gasteiger partial charge in [0, 0.05) is 26.1 Å². The van der Waals surface area contributed by atoms with Crippen LogP contribution in [0.5, 0.6) is 0 Å². The maximum Gasteiger partial charge on any atom is 0.221 e. The fourth-order valence-corrected chi connectivity index (χ4v) is 2.25. The van der Waals surface area contributed by atoms with Crippen molar-refractivity contribution in [2.24, 2.45) is 0 Å². The van der Waals surface area contributed by atoms with E-state index in [-0.39, 0.29) is 11.1 Å². The summed E-state index contributed by atoms with van der Waals surface area (Å²) < 4.78 is 0. The van der Waals surface area contributed by atoms with Crippen molar-refractivity contribution in [2.45, 2.75) is 6.42 Å². The van der Waals surface area contributed by atoms with Crippen LogP contribution in [-0.4, -0.2) is 30.5 Å². The maximum atomic E-state index is 11.2. The molecule has 0 unspecified atom stereocenters. The first-order chi connectivity index (χ1) is 8.08. The van der Waals surface area contributed by atoms with Crippen molar-refractivity contribution >= 4 is 46.5 Å². The van der Waals surface area contributed by atoms with Crippen molar-refractivity contribution in [3.05, 3.63) is 21.3 Å². The second-order valence-corrected chi connectivity index (χ2v) is 4.83. The second kappa shape index (κ2) is 5.29. The molecule has 0 aliphatic carbocycles. The Morgan fingerprint density at radius 1 is 1.24 bits per heavy atom. The summed E-state index contributed by atoms with van der Waals surface area (Å²) in [7, 11) is 0. The third-order valence-corrected chi connectivity index (χ3v) is 3.43. The molecule has 0 spiro atoms. The van der Waals surface area contributed by atoms with Crippen molar-refractivity contribution in [2.75, 3.05) is 24.5 Å². The lowest BCUT2D eigenvalue weighted by Crippen LogP contribution is -2.29. The van der Waals surface area contributed by atoms with Gasteiger partial charge in [-0.1, -0.05) is 34.8 Å². The molecule has 0 aromatic carbocycles. The highest BCUT2D eigenvalue weighted by molar-refractivity contribution is 6.42. The Morgan fingerprint density at radius 2 is 2.00 bits per heavy atom. The largest absolute Gasteiger partial charge is 0.354 e. The van der Waals surface area contributed by atoms with Crippen LogP contribution in [0.3, 0.4) is 0 Å². The number of halogens is 3. The van der Waals surface area contributed by atoms with Crippen LogP contribution in [0, 0.1) is 0 Å². The first-order valence-corrected chi connectivity index (χ1v) is 6.24. The second-order valence-electron chi connectivity index (χ2n) is 3.65. The van der Waals surface area contributed by atoms with E-state index in [9.17, 15) is 4.79 Å². The summed E-state index contributed by atoms with van der Waals surface area (Å²) >= 11 is 17.8. The van der Waals surface area contributed by atoms with E-state index in [0.29, 0.717) is 41.9 Å². The van der Waals surface area contributed by atoms with Gasteiger partial charge in [0.25, 0.3) is 0 Å². The molecule has 1 fully saturated rings. The summed E-state index contributed by atoms with van der Waals surface area (Å²) in [5.41, 5.74) is 0. The van der Waals surface area contributed by atoms with Crippen LogP contribution in [0.2, 0.25) is 15.2 Å². The quantitative estimate of drug-likeness (QED) is 0.809. The first-order valence-electron chi connectivity index (χ1n) is 5.11. The Bertz CT molecular complexity index is 453. The molecule has 1 saturated heterocycles. The summed E-state index contributed by atoms with van der Waals surface area (Å²) in [6.07, 6.45) is 0.415. The van der Waals surface area contributed by atoms with Gasteiger partial charge >= 0.3 is 0 Å². The number of hydrogen-bond acceptors (Lipinski definition) is 3. The third-order valence-electron chi connectivity index (χ3n) is 2.48. The van der Waals surface area contributed by atoms with E-state index < -0.39 is 0 Å². The summed E-state index contributed by atoms with van der Waals surface area (Å²) in [5, 5.41) is 3.76. The standard InChI is InChI=1S/C10H10Cl3N3O/c11-6-5-7(12)10(15-9(6)13)16-3-1-8(17)14-2-4-16/h5H,1-4H2,(H,14,17). The maximum absolute atomic E-state index is 11.2. The lowest BCUT2D eigenvalue weighted by atomic mass is 10.3. The van der Waals surface area contributed by atoms with E-state index >= 15 is 0 Å². The summed E-state index contributed by atoms with van der Waals surface area (Å²) in [6, 6.07) is 1.56. The van der Waals surface area contributed by atoms with Gasteiger partial charge in [-0.2, -0.15) is 0 Å². The van der Waals surface area contributed by atoms with Gasteiger partial charge in [0.2, 0.25) is 5.91 Å². The predicted octanol–water partition coefficient (Wildman–Crippen LogP) is 2.37. The molecular weight excluding hydrogens is 284 g/mol. The number of nitrogens with one attached hydrogen (secondary N) is 1. The van der Waals surface area contributed by atoms with Gasteiger partial charge in [-0.3, -0.25) is 4.79 Å². The minimum absolute atomic E-state index is 0.0312. The van der Waals surface area contributed by atoms with Crippen LogP contribution in [0.1, 0.15) is 6.42 Å². The van der Waals surface area contributed by atoms with Gasteiger partial charge in [0.1, 0.15) is 11.0 Å². The molecule has 1 amide bonds. The van der Waals surface area contributed by atoms with Crippen LogP contribution < -0.4 is 10.2 Å². The minimum Gasteiger partial charge on any atom is -0.354 e. The first kappa shape index (κ1) is 12.7. The summed E-state index contributed by atoms with van der Waals surface area (Å²) in [6.45, 7) is 1.78. The van der Waals surface area contributed by atoms with Gasteiger partial charge < -0.3 is 10.2 Å². The van der Waals surface area contributed by atoms with Crippen molar-refractivity contribution in [3.63, 3.8) is 0 Å². The molecule has 2 heterocycles. The Hall–Kier alpha value is -0.710. The van der Waals surface area contributed by atoms with Gasteiger partial charge in [0.05, 0.1) is 10.0 Å². The fourth-order valence-electron chi connectivity index (χ4n) is 1.64. The molecule has 1 aromatic rings. The SMILES string of the molecule is O=C1CCN(c2nc(Cl)c(Cl)cc2Cl)CCN1. The van der Waals surface area contributed by atoms with Crippen LogP contribution in [-0.2, 0) is 4.79 Å². The number of carbonyl (C=O) groups is 1. The number of pyridine rings is 1. The number of amides is 1. The van der Waals surface area contributed by atoms with Crippen LogP contribution in [0.15, 0.2) is 6.07 Å². The van der Waals surface area contributed by atoms with Crippen LogP contribution in [0.4, 0.5) is 5.82 Å². The Morgan fingerprint density at radius 3 is 2.76 bits per heavy atom. The van der Waals surface area contributed by atoms with Crippen LogP contribution in [0.25, 0.3) is 0 Å².